The van der Waals surface area contributed by atoms with Crippen molar-refractivity contribution < 1.29 is 4.79 Å². The summed E-state index contributed by atoms with van der Waals surface area (Å²) < 4.78 is 1.97. The normalized spacial score (nSPS) is 12.7. The molecule has 2 heterocycles. The number of hydrogen-bond acceptors (Lipinski definition) is 2. The standard InChI is InChI=1S/C15H22N4O/c1-9(2)19-8-6-7-13(19)15(20)16-10(3)14-11(4)17-18-12(14)5/h6-10H,1-5H3,(H,16,20)(H,17,18)/t10-/m0/s1. The van der Waals surface area contributed by atoms with E-state index in [-0.39, 0.29) is 18.0 Å². The molecule has 0 saturated carbocycles. The Morgan fingerprint density at radius 3 is 2.60 bits per heavy atom. The highest BCUT2D eigenvalue weighted by atomic mass is 16.2. The van der Waals surface area contributed by atoms with Gasteiger partial charge in [-0.3, -0.25) is 9.89 Å². The first-order valence-electron chi connectivity index (χ1n) is 6.91. The van der Waals surface area contributed by atoms with Crippen LogP contribution in [0.4, 0.5) is 0 Å². The third-order valence-corrected chi connectivity index (χ3v) is 3.53. The van der Waals surface area contributed by atoms with E-state index in [0.29, 0.717) is 5.69 Å². The number of nitrogens with one attached hydrogen (secondary N) is 2. The number of rotatable bonds is 4. The van der Waals surface area contributed by atoms with Crippen molar-refractivity contribution in [2.24, 2.45) is 0 Å². The van der Waals surface area contributed by atoms with Gasteiger partial charge in [-0.25, -0.2) is 0 Å². The topological polar surface area (TPSA) is 62.7 Å². The van der Waals surface area contributed by atoms with Crippen LogP contribution in [0.15, 0.2) is 18.3 Å². The third kappa shape index (κ3) is 2.61. The van der Waals surface area contributed by atoms with Gasteiger partial charge in [0.15, 0.2) is 0 Å². The minimum Gasteiger partial charge on any atom is -0.344 e. The number of hydrogen-bond donors (Lipinski definition) is 2. The lowest BCUT2D eigenvalue weighted by Crippen LogP contribution is -2.29. The Morgan fingerprint density at radius 1 is 1.35 bits per heavy atom. The zero-order chi connectivity index (χ0) is 14.9. The summed E-state index contributed by atoms with van der Waals surface area (Å²) in [4.78, 5) is 12.4. The van der Waals surface area contributed by atoms with Crippen molar-refractivity contribution in [1.29, 1.82) is 0 Å². The van der Waals surface area contributed by atoms with E-state index >= 15 is 0 Å². The van der Waals surface area contributed by atoms with Crippen LogP contribution < -0.4 is 5.32 Å². The first-order valence-corrected chi connectivity index (χ1v) is 6.91. The van der Waals surface area contributed by atoms with Gasteiger partial charge in [-0.2, -0.15) is 5.10 Å². The van der Waals surface area contributed by atoms with Gasteiger partial charge in [0.1, 0.15) is 5.69 Å². The van der Waals surface area contributed by atoms with E-state index in [1.54, 1.807) is 0 Å². The molecule has 2 N–H and O–H groups in total. The molecule has 0 aliphatic carbocycles. The van der Waals surface area contributed by atoms with Crippen LogP contribution in [0.3, 0.4) is 0 Å². The molecule has 5 nitrogen and oxygen atoms in total. The van der Waals surface area contributed by atoms with Crippen LogP contribution in [0.1, 0.15) is 60.3 Å². The number of aryl methyl sites for hydroxylation is 2. The first kappa shape index (κ1) is 14.4. The van der Waals surface area contributed by atoms with Crippen LogP contribution in [-0.2, 0) is 0 Å². The molecule has 108 valence electrons. The predicted molar refractivity (Wildman–Crippen MR) is 78.8 cm³/mol. The van der Waals surface area contributed by atoms with E-state index in [1.165, 1.54) is 0 Å². The highest BCUT2D eigenvalue weighted by Gasteiger charge is 2.19. The van der Waals surface area contributed by atoms with Crippen LogP contribution in [0.5, 0.6) is 0 Å². The van der Waals surface area contributed by atoms with E-state index in [0.717, 1.165) is 17.0 Å². The fourth-order valence-corrected chi connectivity index (χ4v) is 2.58. The highest BCUT2D eigenvalue weighted by Crippen LogP contribution is 2.20. The molecule has 0 aromatic carbocycles. The number of carbonyl (C=O) groups is 1. The summed E-state index contributed by atoms with van der Waals surface area (Å²) in [5.41, 5.74) is 3.66. The third-order valence-electron chi connectivity index (χ3n) is 3.53. The van der Waals surface area contributed by atoms with Crippen molar-refractivity contribution in [1.82, 2.24) is 20.1 Å². The lowest BCUT2D eigenvalue weighted by molar-refractivity contribution is 0.0929. The first-order chi connectivity index (χ1) is 9.41. The van der Waals surface area contributed by atoms with Gasteiger partial charge < -0.3 is 9.88 Å². The summed E-state index contributed by atoms with van der Waals surface area (Å²) in [6.45, 7) is 10.0. The zero-order valence-electron chi connectivity index (χ0n) is 12.7. The zero-order valence-corrected chi connectivity index (χ0v) is 12.7. The second-order valence-electron chi connectivity index (χ2n) is 5.44. The number of aromatic nitrogens is 3. The number of amides is 1. The highest BCUT2D eigenvalue weighted by molar-refractivity contribution is 5.93. The molecular formula is C15H22N4O. The Hall–Kier alpha value is -2.04. The van der Waals surface area contributed by atoms with Gasteiger partial charge in [0.05, 0.1) is 11.7 Å². The molecule has 0 saturated heterocycles. The summed E-state index contributed by atoms with van der Waals surface area (Å²) in [7, 11) is 0. The summed E-state index contributed by atoms with van der Waals surface area (Å²) in [6, 6.07) is 3.93. The molecule has 20 heavy (non-hydrogen) atoms. The summed E-state index contributed by atoms with van der Waals surface area (Å²) in [6.07, 6.45) is 1.93. The summed E-state index contributed by atoms with van der Waals surface area (Å²) in [5.74, 6) is -0.0591. The Morgan fingerprint density at radius 2 is 2.05 bits per heavy atom. The smallest absolute Gasteiger partial charge is 0.268 e. The van der Waals surface area contributed by atoms with Gasteiger partial charge in [0, 0.05) is 23.5 Å². The average molecular weight is 274 g/mol. The lowest BCUT2D eigenvalue weighted by atomic mass is 10.1. The van der Waals surface area contributed by atoms with Crippen molar-refractivity contribution in [2.45, 2.75) is 46.7 Å². The maximum atomic E-state index is 12.4. The van der Waals surface area contributed by atoms with E-state index < -0.39 is 0 Å². The molecule has 0 spiro atoms. The number of H-pyrrole nitrogens is 1. The van der Waals surface area contributed by atoms with Crippen LogP contribution in [-0.4, -0.2) is 20.7 Å². The van der Waals surface area contributed by atoms with E-state index in [4.69, 9.17) is 0 Å². The monoisotopic (exact) mass is 274 g/mol. The molecule has 5 heteroatoms. The van der Waals surface area contributed by atoms with Crippen molar-refractivity contribution in [3.63, 3.8) is 0 Å². The summed E-state index contributed by atoms with van der Waals surface area (Å²) in [5, 5.41) is 10.2. The molecule has 0 radical (unpaired) electrons. The molecule has 1 atom stereocenters. The maximum absolute atomic E-state index is 12.4. The van der Waals surface area contributed by atoms with E-state index in [1.807, 2.05) is 43.7 Å². The maximum Gasteiger partial charge on any atom is 0.268 e. The Kier molecular flexibility index (Phi) is 3.97. The van der Waals surface area contributed by atoms with Crippen molar-refractivity contribution >= 4 is 5.91 Å². The van der Waals surface area contributed by atoms with Gasteiger partial charge in [-0.05, 0) is 46.8 Å². The van der Waals surface area contributed by atoms with Crippen LogP contribution in [0.25, 0.3) is 0 Å². The van der Waals surface area contributed by atoms with Crippen molar-refractivity contribution in [3.05, 3.63) is 41.0 Å². The quantitative estimate of drug-likeness (QED) is 0.900. The largest absolute Gasteiger partial charge is 0.344 e. The van der Waals surface area contributed by atoms with E-state index in [2.05, 4.69) is 29.4 Å². The molecule has 0 aliphatic heterocycles. The van der Waals surface area contributed by atoms with Gasteiger partial charge in [-0.1, -0.05) is 0 Å². The van der Waals surface area contributed by atoms with Gasteiger partial charge in [-0.15, -0.1) is 0 Å². The SMILES string of the molecule is Cc1n[nH]c(C)c1[C@H](C)NC(=O)c1cccn1C(C)C. The summed E-state index contributed by atoms with van der Waals surface area (Å²) >= 11 is 0. The van der Waals surface area contributed by atoms with Crippen LogP contribution in [0.2, 0.25) is 0 Å². The molecule has 2 aromatic rings. The molecule has 1 amide bonds. The second-order valence-corrected chi connectivity index (χ2v) is 5.44. The molecule has 2 aromatic heterocycles. The molecule has 0 fully saturated rings. The molecular weight excluding hydrogens is 252 g/mol. The second kappa shape index (κ2) is 5.53. The fraction of sp³-hybridized carbons (Fsp3) is 0.467. The fourth-order valence-electron chi connectivity index (χ4n) is 2.58. The van der Waals surface area contributed by atoms with Crippen LogP contribution >= 0.6 is 0 Å². The predicted octanol–water partition coefficient (Wildman–Crippen LogP) is 2.90. The lowest BCUT2D eigenvalue weighted by Gasteiger charge is -2.17. The average Bonchev–Trinajstić information content (AvgIpc) is 2.96. The number of nitrogens with zero attached hydrogens (tertiary/aromatic N) is 2. The van der Waals surface area contributed by atoms with E-state index in [9.17, 15) is 4.79 Å². The minimum atomic E-state index is -0.0724. The van der Waals surface area contributed by atoms with Gasteiger partial charge in [0.25, 0.3) is 5.91 Å². The number of carbonyl (C=O) groups excluding carboxylic acids is 1. The Bertz CT molecular complexity index is 590. The minimum absolute atomic E-state index is 0.0591. The molecule has 0 aliphatic rings. The molecule has 2 rings (SSSR count). The Labute approximate surface area is 119 Å². The van der Waals surface area contributed by atoms with Crippen LogP contribution in [0, 0.1) is 13.8 Å². The molecule has 0 unspecified atom stereocenters. The van der Waals surface area contributed by atoms with Gasteiger partial charge >= 0.3 is 0 Å². The van der Waals surface area contributed by atoms with Crippen molar-refractivity contribution in [3.8, 4) is 0 Å². The number of aromatic amines is 1. The Balaban J connectivity index is 2.18. The molecule has 0 bridgehead atoms. The van der Waals surface area contributed by atoms with Gasteiger partial charge in [0.2, 0.25) is 0 Å². The van der Waals surface area contributed by atoms with Crippen molar-refractivity contribution in [2.75, 3.05) is 0 Å².